The van der Waals surface area contributed by atoms with Crippen LogP contribution in [0.4, 0.5) is 8.78 Å². The topological polar surface area (TPSA) is 94.0 Å². The Morgan fingerprint density at radius 1 is 0.975 bits per heavy atom. The molecule has 1 atom stereocenters. The van der Waals surface area contributed by atoms with Crippen LogP contribution >= 0.6 is 23.2 Å². The number of hydrogen-bond donors (Lipinski definition) is 1. The molecule has 1 N–H and O–H groups in total. The summed E-state index contributed by atoms with van der Waals surface area (Å²) in [5, 5.41) is 19.4. The number of rotatable bonds is 7. The number of benzene rings is 2. The molecule has 0 unspecified atom stereocenters. The second-order valence-corrected chi connectivity index (χ2v) is 9.85. The summed E-state index contributed by atoms with van der Waals surface area (Å²) in [5.41, 5.74) is 4.39. The Morgan fingerprint density at radius 3 is 2.48 bits per heavy atom. The van der Waals surface area contributed by atoms with E-state index < -0.39 is 5.82 Å². The molecule has 0 fully saturated rings. The van der Waals surface area contributed by atoms with Gasteiger partial charge in [-0.05, 0) is 47.5 Å². The van der Waals surface area contributed by atoms with Crippen molar-refractivity contribution in [3.05, 3.63) is 113 Å². The molecule has 0 aliphatic heterocycles. The van der Waals surface area contributed by atoms with Gasteiger partial charge in [0.25, 0.3) is 0 Å². The molecule has 0 bridgehead atoms. The molecular weight excluding hydrogens is 559 g/mol. The maximum absolute atomic E-state index is 15.4. The number of aryl methyl sites for hydroxylation is 1. The molecule has 0 aliphatic carbocycles. The maximum atomic E-state index is 15.4. The van der Waals surface area contributed by atoms with Crippen molar-refractivity contribution in [3.63, 3.8) is 0 Å². The Hall–Kier alpha value is -4.48. The van der Waals surface area contributed by atoms with E-state index in [0.717, 1.165) is 16.8 Å². The first kappa shape index (κ1) is 25.8. The lowest BCUT2D eigenvalue weighted by Crippen LogP contribution is -2.33. The van der Waals surface area contributed by atoms with Gasteiger partial charge in [-0.1, -0.05) is 40.2 Å². The van der Waals surface area contributed by atoms with E-state index in [0.29, 0.717) is 23.4 Å². The van der Waals surface area contributed by atoms with Gasteiger partial charge in [-0.3, -0.25) is 9.67 Å². The number of pyridine rings is 1. The summed E-state index contributed by atoms with van der Waals surface area (Å²) < 4.78 is 33.9. The van der Waals surface area contributed by atoms with Crippen LogP contribution in [0.3, 0.4) is 0 Å². The number of nitrogens with one attached hydrogen (secondary N) is 1. The van der Waals surface area contributed by atoms with E-state index in [1.807, 2.05) is 12.3 Å². The van der Waals surface area contributed by atoms with E-state index in [2.05, 4.69) is 25.7 Å². The van der Waals surface area contributed by atoms with E-state index >= 15 is 4.39 Å². The lowest BCUT2D eigenvalue weighted by molar-refractivity contribution is -0.659. The van der Waals surface area contributed by atoms with Crippen LogP contribution in [0.25, 0.3) is 28.1 Å². The molecule has 2 aromatic carbocycles. The van der Waals surface area contributed by atoms with E-state index in [1.165, 1.54) is 29.1 Å². The van der Waals surface area contributed by atoms with Crippen molar-refractivity contribution in [2.24, 2.45) is 7.05 Å². The third kappa shape index (κ3) is 4.96. The molecule has 40 heavy (non-hydrogen) atoms. The fraction of sp³-hybridized carbons (Fsp3) is 0.111. The highest BCUT2D eigenvalue weighted by Gasteiger charge is 2.23. The number of nitrogens with zero attached hydrogens (tertiary/aromatic N) is 8. The van der Waals surface area contributed by atoms with Crippen molar-refractivity contribution in [2.45, 2.75) is 12.5 Å². The van der Waals surface area contributed by atoms with Gasteiger partial charge >= 0.3 is 5.15 Å². The number of aromatic amines is 1. The molecule has 0 saturated carbocycles. The van der Waals surface area contributed by atoms with Crippen molar-refractivity contribution < 1.29 is 13.5 Å². The minimum atomic E-state index is -0.601. The van der Waals surface area contributed by atoms with E-state index in [1.54, 1.807) is 59.3 Å². The molecule has 200 valence electrons. The van der Waals surface area contributed by atoms with Crippen molar-refractivity contribution in [1.82, 2.24) is 40.1 Å². The van der Waals surface area contributed by atoms with Gasteiger partial charge in [0.1, 0.15) is 5.82 Å². The van der Waals surface area contributed by atoms with Gasteiger partial charge in [-0.2, -0.15) is 5.10 Å². The Kier molecular flexibility index (Phi) is 6.82. The molecule has 4 heterocycles. The van der Waals surface area contributed by atoms with Gasteiger partial charge in [0.2, 0.25) is 0 Å². The molecule has 6 aromatic rings. The summed E-state index contributed by atoms with van der Waals surface area (Å²) in [5.74, 6) is -0.917. The second-order valence-electron chi connectivity index (χ2n) is 9.06. The summed E-state index contributed by atoms with van der Waals surface area (Å²) in [6.07, 6.45) is 8.86. The third-order valence-corrected chi connectivity index (χ3v) is 7.00. The zero-order valence-electron chi connectivity index (χ0n) is 20.9. The van der Waals surface area contributed by atoms with Crippen LogP contribution in [-0.4, -0.2) is 40.1 Å². The van der Waals surface area contributed by atoms with Crippen LogP contribution in [-0.2, 0) is 13.5 Å². The third-order valence-electron chi connectivity index (χ3n) is 6.52. The molecule has 0 amide bonds. The van der Waals surface area contributed by atoms with Crippen LogP contribution < -0.4 is 4.68 Å². The number of hydrogen-bond acceptors (Lipinski definition) is 5. The SMILES string of the molecule is Cn1nncc1-c1cnn([C@@H](Cc2ccc(F)cc2)c2ccc(-c3c(-[n+]4cc(Cl)n[nH]4)ccc(Cl)c3F)cn2)c1. The highest BCUT2D eigenvalue weighted by Crippen LogP contribution is 2.33. The quantitative estimate of drug-likeness (QED) is 0.264. The molecule has 0 radical (unpaired) electrons. The first-order valence-corrected chi connectivity index (χ1v) is 12.8. The first-order chi connectivity index (χ1) is 19.4. The lowest BCUT2D eigenvalue weighted by atomic mass is 10.0. The summed E-state index contributed by atoms with van der Waals surface area (Å²) in [7, 11) is 1.80. The monoisotopic (exact) mass is 578 g/mol. The molecular formula is C27H20Cl2F2N9+. The van der Waals surface area contributed by atoms with Crippen molar-refractivity contribution in [1.29, 1.82) is 0 Å². The highest BCUT2D eigenvalue weighted by atomic mass is 35.5. The van der Waals surface area contributed by atoms with Gasteiger partial charge in [0.15, 0.2) is 17.7 Å². The number of aromatic nitrogens is 9. The average molecular weight is 579 g/mol. The standard InChI is InChI=1S/C27H19Cl2F2N9/c1-38-24(13-33-36-38)18-12-34-39(14-18)23(10-16-2-5-19(30)6-3-16)21-8-4-17(11-32-21)26-22(9-7-20(28)27(26)31)40-15-25(29)35-37-40/h2-9,11-15,23H,10H2,1H3/p+1/t23-/m0/s1. The summed E-state index contributed by atoms with van der Waals surface area (Å²) in [6, 6.07) is 12.7. The smallest absolute Gasteiger partial charge is 0.263 e. The van der Waals surface area contributed by atoms with Crippen LogP contribution in [0, 0.1) is 11.6 Å². The molecule has 0 aliphatic rings. The van der Waals surface area contributed by atoms with Crippen LogP contribution in [0.1, 0.15) is 17.3 Å². The lowest BCUT2D eigenvalue weighted by Gasteiger charge is -2.18. The molecule has 13 heteroatoms. The van der Waals surface area contributed by atoms with Gasteiger partial charge in [-0.25, -0.2) is 13.5 Å². The van der Waals surface area contributed by atoms with E-state index in [4.69, 9.17) is 28.2 Å². The predicted molar refractivity (Wildman–Crippen MR) is 144 cm³/mol. The first-order valence-electron chi connectivity index (χ1n) is 12.1. The maximum Gasteiger partial charge on any atom is 0.308 e. The fourth-order valence-corrected chi connectivity index (χ4v) is 4.82. The molecule has 0 spiro atoms. The minimum absolute atomic E-state index is 0.0306. The van der Waals surface area contributed by atoms with Crippen molar-refractivity contribution in [3.8, 4) is 28.1 Å². The summed E-state index contributed by atoms with van der Waals surface area (Å²) in [4.78, 5) is 4.71. The average Bonchev–Trinajstić information content (AvgIpc) is 3.71. The second kappa shape index (κ2) is 10.6. The van der Waals surface area contributed by atoms with Gasteiger partial charge in [0.05, 0.1) is 45.5 Å². The van der Waals surface area contributed by atoms with Gasteiger partial charge in [0, 0.05) is 37.0 Å². The molecule has 0 saturated heterocycles. The molecule has 9 nitrogen and oxygen atoms in total. The van der Waals surface area contributed by atoms with Gasteiger partial charge < -0.3 is 0 Å². The van der Waals surface area contributed by atoms with Crippen molar-refractivity contribution >= 4 is 23.2 Å². The van der Waals surface area contributed by atoms with Crippen LogP contribution in [0.5, 0.6) is 0 Å². The largest absolute Gasteiger partial charge is 0.308 e. The molecule has 6 rings (SSSR count). The Balaban J connectivity index is 1.40. The zero-order valence-corrected chi connectivity index (χ0v) is 22.4. The minimum Gasteiger partial charge on any atom is -0.263 e. The molecule has 4 aromatic heterocycles. The normalized spacial score (nSPS) is 12.1. The zero-order chi connectivity index (χ0) is 27.8. The Bertz CT molecular complexity index is 1790. The summed E-state index contributed by atoms with van der Waals surface area (Å²) in [6.45, 7) is 0. The number of halogens is 4. The van der Waals surface area contributed by atoms with Crippen LogP contribution in [0.2, 0.25) is 10.2 Å². The Labute approximate surface area is 236 Å². The summed E-state index contributed by atoms with van der Waals surface area (Å²) >= 11 is 12.1. The fourth-order valence-electron chi connectivity index (χ4n) is 4.52. The van der Waals surface area contributed by atoms with Gasteiger partial charge in [-0.15, -0.1) is 9.78 Å². The van der Waals surface area contributed by atoms with Crippen molar-refractivity contribution in [2.75, 3.05) is 0 Å². The Morgan fingerprint density at radius 2 is 1.80 bits per heavy atom. The van der Waals surface area contributed by atoms with E-state index in [9.17, 15) is 4.39 Å². The predicted octanol–water partition coefficient (Wildman–Crippen LogP) is 5.16. The van der Waals surface area contributed by atoms with Crippen LogP contribution in [0.15, 0.2) is 79.5 Å². The number of H-pyrrole nitrogens is 1. The van der Waals surface area contributed by atoms with E-state index in [-0.39, 0.29) is 27.6 Å². The highest BCUT2D eigenvalue weighted by molar-refractivity contribution is 6.31.